The van der Waals surface area contributed by atoms with Gasteiger partial charge in [0.2, 0.25) is 11.7 Å². The number of hydrogen-bond acceptors (Lipinski definition) is 4. The molecule has 130 valence electrons. The number of carbonyl (C=O) groups excluding carboxylic acids is 1. The molecule has 0 saturated carbocycles. The van der Waals surface area contributed by atoms with Crippen molar-refractivity contribution in [3.63, 3.8) is 0 Å². The quantitative estimate of drug-likeness (QED) is 0.594. The van der Waals surface area contributed by atoms with Gasteiger partial charge in [0.25, 0.3) is 0 Å². The number of rotatable bonds is 4. The zero-order chi connectivity index (χ0) is 18.1. The SMILES string of the molecule is Cc1ccc(C)c(NC(=O)Cn2nnc(-c3c[nH]c4ccccc34)n2)c1. The Morgan fingerprint density at radius 3 is 2.92 bits per heavy atom. The van der Waals surface area contributed by atoms with E-state index in [-0.39, 0.29) is 12.5 Å². The van der Waals surface area contributed by atoms with E-state index in [0.29, 0.717) is 5.82 Å². The van der Waals surface area contributed by atoms with E-state index in [9.17, 15) is 4.79 Å². The van der Waals surface area contributed by atoms with E-state index < -0.39 is 0 Å². The Hall–Kier alpha value is -3.48. The van der Waals surface area contributed by atoms with Gasteiger partial charge in [-0.3, -0.25) is 4.79 Å². The van der Waals surface area contributed by atoms with Crippen molar-refractivity contribution in [2.45, 2.75) is 20.4 Å². The number of benzene rings is 2. The van der Waals surface area contributed by atoms with Crippen LogP contribution in [0.1, 0.15) is 11.1 Å². The lowest BCUT2D eigenvalue weighted by Crippen LogP contribution is -2.21. The maximum Gasteiger partial charge on any atom is 0.248 e. The van der Waals surface area contributed by atoms with Crippen LogP contribution in [0.15, 0.2) is 48.7 Å². The minimum atomic E-state index is -0.193. The Morgan fingerprint density at radius 1 is 1.19 bits per heavy atom. The Morgan fingerprint density at radius 2 is 2.04 bits per heavy atom. The summed E-state index contributed by atoms with van der Waals surface area (Å²) in [6.07, 6.45) is 1.85. The highest BCUT2D eigenvalue weighted by Gasteiger charge is 2.13. The van der Waals surface area contributed by atoms with Gasteiger partial charge in [0.05, 0.1) is 0 Å². The van der Waals surface area contributed by atoms with E-state index in [2.05, 4.69) is 25.7 Å². The van der Waals surface area contributed by atoms with Crippen LogP contribution in [0.3, 0.4) is 0 Å². The average Bonchev–Trinajstić information content (AvgIpc) is 3.24. The molecule has 2 N–H and O–H groups in total. The monoisotopic (exact) mass is 346 g/mol. The number of H-pyrrole nitrogens is 1. The molecule has 0 saturated heterocycles. The second kappa shape index (κ2) is 6.44. The predicted octanol–water partition coefficient (Wildman–Crippen LogP) is 3.08. The van der Waals surface area contributed by atoms with Crippen molar-refractivity contribution in [2.75, 3.05) is 5.32 Å². The number of amides is 1. The standard InChI is InChI=1S/C19H18N6O/c1-12-7-8-13(2)17(9-12)21-18(26)11-25-23-19(22-24-25)15-10-20-16-6-4-3-5-14(15)16/h3-10,20H,11H2,1-2H3,(H,21,26). The van der Waals surface area contributed by atoms with Crippen molar-refractivity contribution < 1.29 is 4.79 Å². The maximum absolute atomic E-state index is 12.3. The molecule has 26 heavy (non-hydrogen) atoms. The number of anilines is 1. The van der Waals surface area contributed by atoms with Gasteiger partial charge in [-0.25, -0.2) is 0 Å². The first-order chi connectivity index (χ1) is 12.6. The van der Waals surface area contributed by atoms with E-state index >= 15 is 0 Å². The number of nitrogens with one attached hydrogen (secondary N) is 2. The molecule has 0 radical (unpaired) electrons. The zero-order valence-electron chi connectivity index (χ0n) is 14.5. The van der Waals surface area contributed by atoms with Gasteiger partial charge in [0.1, 0.15) is 6.54 Å². The highest BCUT2D eigenvalue weighted by atomic mass is 16.2. The number of aromatic amines is 1. The summed E-state index contributed by atoms with van der Waals surface area (Å²) in [5.41, 5.74) is 4.77. The van der Waals surface area contributed by atoms with Crippen molar-refractivity contribution in [2.24, 2.45) is 0 Å². The Bertz CT molecular complexity index is 1090. The Kier molecular flexibility index (Phi) is 3.96. The van der Waals surface area contributed by atoms with Gasteiger partial charge in [-0.1, -0.05) is 30.3 Å². The number of carbonyl (C=O) groups is 1. The molecule has 7 nitrogen and oxygen atoms in total. The van der Waals surface area contributed by atoms with Crippen molar-refractivity contribution in [1.29, 1.82) is 0 Å². The van der Waals surface area contributed by atoms with E-state index in [4.69, 9.17) is 0 Å². The van der Waals surface area contributed by atoms with Gasteiger partial charge in [-0.2, -0.15) is 4.80 Å². The third-order valence-corrected chi connectivity index (χ3v) is 4.24. The van der Waals surface area contributed by atoms with Gasteiger partial charge < -0.3 is 10.3 Å². The average molecular weight is 346 g/mol. The van der Waals surface area contributed by atoms with Crippen molar-refractivity contribution in [3.8, 4) is 11.4 Å². The van der Waals surface area contributed by atoms with Crippen LogP contribution in [0.5, 0.6) is 0 Å². The summed E-state index contributed by atoms with van der Waals surface area (Å²) in [6.45, 7) is 3.95. The zero-order valence-corrected chi connectivity index (χ0v) is 14.5. The van der Waals surface area contributed by atoms with Gasteiger partial charge >= 0.3 is 0 Å². The van der Waals surface area contributed by atoms with Gasteiger partial charge in [0, 0.05) is 28.4 Å². The molecule has 4 aromatic rings. The Balaban J connectivity index is 1.51. The lowest BCUT2D eigenvalue weighted by Gasteiger charge is -2.08. The number of aryl methyl sites for hydroxylation is 2. The molecule has 0 atom stereocenters. The molecule has 0 bridgehead atoms. The summed E-state index contributed by atoms with van der Waals surface area (Å²) in [5, 5.41) is 16.3. The van der Waals surface area contributed by atoms with E-state index in [1.54, 1.807) is 0 Å². The predicted molar refractivity (Wildman–Crippen MR) is 99.7 cm³/mol. The summed E-state index contributed by atoms with van der Waals surface area (Å²) in [5.74, 6) is 0.295. The molecule has 0 fully saturated rings. The molecule has 0 aliphatic rings. The molecule has 4 rings (SSSR count). The minimum Gasteiger partial charge on any atom is -0.360 e. The van der Waals surface area contributed by atoms with E-state index in [1.807, 2.05) is 62.5 Å². The first-order valence-corrected chi connectivity index (χ1v) is 8.31. The largest absolute Gasteiger partial charge is 0.360 e. The molecule has 1 amide bonds. The topological polar surface area (TPSA) is 88.5 Å². The van der Waals surface area contributed by atoms with Crippen LogP contribution in [0.2, 0.25) is 0 Å². The first kappa shape index (κ1) is 16.0. The first-order valence-electron chi connectivity index (χ1n) is 8.31. The molecular formula is C19H18N6O. The fourth-order valence-corrected chi connectivity index (χ4v) is 2.86. The highest BCUT2D eigenvalue weighted by molar-refractivity contribution is 5.93. The van der Waals surface area contributed by atoms with Crippen LogP contribution in [0.4, 0.5) is 5.69 Å². The molecular weight excluding hydrogens is 328 g/mol. The molecule has 7 heteroatoms. The molecule has 0 spiro atoms. The van der Waals surface area contributed by atoms with Crippen LogP contribution in [0.25, 0.3) is 22.3 Å². The highest BCUT2D eigenvalue weighted by Crippen LogP contribution is 2.25. The Labute approximate surface area is 150 Å². The van der Waals surface area contributed by atoms with Crippen molar-refractivity contribution >= 4 is 22.5 Å². The van der Waals surface area contributed by atoms with Crippen LogP contribution < -0.4 is 5.32 Å². The van der Waals surface area contributed by atoms with Crippen LogP contribution in [-0.4, -0.2) is 31.1 Å². The fourth-order valence-electron chi connectivity index (χ4n) is 2.86. The number of para-hydroxylation sites is 1. The minimum absolute atomic E-state index is 0.00272. The number of hydrogen-bond donors (Lipinski definition) is 2. The summed E-state index contributed by atoms with van der Waals surface area (Å²) >= 11 is 0. The molecule has 2 heterocycles. The second-order valence-corrected chi connectivity index (χ2v) is 6.26. The van der Waals surface area contributed by atoms with Crippen LogP contribution >= 0.6 is 0 Å². The number of fused-ring (bicyclic) bond motifs is 1. The molecule has 2 aromatic heterocycles. The molecule has 0 aliphatic carbocycles. The second-order valence-electron chi connectivity index (χ2n) is 6.26. The lowest BCUT2D eigenvalue weighted by atomic mass is 10.1. The molecule has 2 aromatic carbocycles. The number of aromatic nitrogens is 5. The van der Waals surface area contributed by atoms with Gasteiger partial charge in [-0.15, -0.1) is 10.2 Å². The third kappa shape index (κ3) is 3.06. The summed E-state index contributed by atoms with van der Waals surface area (Å²) in [4.78, 5) is 16.8. The summed E-state index contributed by atoms with van der Waals surface area (Å²) < 4.78 is 0. The number of tetrazole rings is 1. The number of nitrogens with zero attached hydrogens (tertiary/aromatic N) is 4. The smallest absolute Gasteiger partial charge is 0.248 e. The van der Waals surface area contributed by atoms with Gasteiger partial charge in [0.15, 0.2) is 0 Å². The van der Waals surface area contributed by atoms with Crippen LogP contribution in [-0.2, 0) is 11.3 Å². The normalized spacial score (nSPS) is 11.0. The van der Waals surface area contributed by atoms with E-state index in [0.717, 1.165) is 33.3 Å². The fraction of sp³-hybridized carbons (Fsp3) is 0.158. The summed E-state index contributed by atoms with van der Waals surface area (Å²) in [7, 11) is 0. The summed E-state index contributed by atoms with van der Waals surface area (Å²) in [6, 6.07) is 13.8. The lowest BCUT2D eigenvalue weighted by molar-refractivity contribution is -0.117. The maximum atomic E-state index is 12.3. The molecule has 0 aliphatic heterocycles. The molecule has 0 unspecified atom stereocenters. The van der Waals surface area contributed by atoms with Crippen molar-refractivity contribution in [3.05, 3.63) is 59.8 Å². The van der Waals surface area contributed by atoms with Crippen LogP contribution in [0, 0.1) is 13.8 Å². The van der Waals surface area contributed by atoms with Gasteiger partial charge in [-0.05, 0) is 42.3 Å². The van der Waals surface area contributed by atoms with Crippen molar-refractivity contribution in [1.82, 2.24) is 25.2 Å². The van der Waals surface area contributed by atoms with E-state index in [1.165, 1.54) is 4.80 Å². The third-order valence-electron chi connectivity index (χ3n) is 4.24.